The van der Waals surface area contributed by atoms with Gasteiger partial charge in [0.05, 0.1) is 3.57 Å². The molecule has 2 nitrogen and oxygen atoms in total. The van der Waals surface area contributed by atoms with Crippen LogP contribution in [0.3, 0.4) is 0 Å². The van der Waals surface area contributed by atoms with Gasteiger partial charge in [-0.05, 0) is 53.3 Å². The Hall–Kier alpha value is -0.000000000000000111. The third kappa shape index (κ3) is 3.16. The zero-order valence-corrected chi connectivity index (χ0v) is 9.43. The van der Waals surface area contributed by atoms with Gasteiger partial charge < -0.3 is 10.8 Å². The molecule has 0 unspecified atom stereocenters. The van der Waals surface area contributed by atoms with Gasteiger partial charge in [0.15, 0.2) is 0 Å². The summed E-state index contributed by atoms with van der Waals surface area (Å²) in [6, 6.07) is 5.54. The van der Waals surface area contributed by atoms with E-state index in [0.29, 0.717) is 12.3 Å². The topological polar surface area (TPSA) is 46.2 Å². The number of hydrogen-bond acceptors (Lipinski definition) is 2. The molecule has 0 saturated heterocycles. The number of halogens is 2. The predicted molar refractivity (Wildman–Crippen MR) is 60.8 cm³/mol. The van der Waals surface area contributed by atoms with Crippen molar-refractivity contribution >= 4 is 35.0 Å². The standard InChI is InChI=1S/C8H10INO.ClH/c9-7-5-6(3-4-10)1-2-8(7)11;/h1-2,5,11H,3-4,10H2;1H. The van der Waals surface area contributed by atoms with Crippen molar-refractivity contribution in [1.29, 1.82) is 0 Å². The van der Waals surface area contributed by atoms with Crippen LogP contribution in [0.25, 0.3) is 0 Å². The van der Waals surface area contributed by atoms with Crippen molar-refractivity contribution in [2.75, 3.05) is 6.54 Å². The molecular formula is C8H11ClINO. The molecule has 0 aliphatic heterocycles. The Morgan fingerprint density at radius 2 is 2.08 bits per heavy atom. The van der Waals surface area contributed by atoms with Crippen molar-refractivity contribution in [1.82, 2.24) is 0 Å². The van der Waals surface area contributed by atoms with Gasteiger partial charge in [0.1, 0.15) is 5.75 Å². The number of phenols is 1. The van der Waals surface area contributed by atoms with E-state index in [2.05, 4.69) is 22.6 Å². The summed E-state index contributed by atoms with van der Waals surface area (Å²) in [5.41, 5.74) is 6.56. The van der Waals surface area contributed by atoms with Crippen molar-refractivity contribution in [3.63, 3.8) is 0 Å². The van der Waals surface area contributed by atoms with E-state index in [0.717, 1.165) is 9.99 Å². The van der Waals surface area contributed by atoms with E-state index in [1.807, 2.05) is 12.1 Å². The van der Waals surface area contributed by atoms with E-state index in [1.54, 1.807) is 6.07 Å². The first-order valence-electron chi connectivity index (χ1n) is 3.41. The van der Waals surface area contributed by atoms with Gasteiger partial charge in [-0.3, -0.25) is 0 Å². The van der Waals surface area contributed by atoms with Gasteiger partial charge >= 0.3 is 0 Å². The summed E-state index contributed by atoms with van der Waals surface area (Å²) in [6.07, 6.45) is 0.871. The van der Waals surface area contributed by atoms with E-state index in [-0.39, 0.29) is 12.4 Å². The van der Waals surface area contributed by atoms with Crippen LogP contribution in [0.4, 0.5) is 0 Å². The summed E-state index contributed by atoms with van der Waals surface area (Å²) >= 11 is 2.10. The maximum atomic E-state index is 9.17. The molecule has 4 heteroatoms. The van der Waals surface area contributed by atoms with E-state index in [4.69, 9.17) is 5.73 Å². The first kappa shape index (κ1) is 12.0. The Bertz CT molecular complexity index is 255. The fourth-order valence-corrected chi connectivity index (χ4v) is 1.45. The third-order valence-corrected chi connectivity index (χ3v) is 2.31. The van der Waals surface area contributed by atoms with Crippen LogP contribution in [-0.2, 0) is 6.42 Å². The molecular weight excluding hydrogens is 288 g/mol. The lowest BCUT2D eigenvalue weighted by Crippen LogP contribution is -2.02. The van der Waals surface area contributed by atoms with Crippen LogP contribution >= 0.6 is 35.0 Å². The fourth-order valence-electron chi connectivity index (χ4n) is 0.873. The highest BCUT2D eigenvalue weighted by molar-refractivity contribution is 14.1. The van der Waals surface area contributed by atoms with Gasteiger partial charge in [-0.25, -0.2) is 0 Å². The Labute approximate surface area is 91.7 Å². The SMILES string of the molecule is Cl.NCCc1ccc(O)c(I)c1. The molecule has 0 amide bonds. The molecule has 0 atom stereocenters. The molecule has 0 fully saturated rings. The van der Waals surface area contributed by atoms with E-state index in [9.17, 15) is 5.11 Å². The van der Waals surface area contributed by atoms with Crippen molar-refractivity contribution in [3.8, 4) is 5.75 Å². The smallest absolute Gasteiger partial charge is 0.128 e. The minimum Gasteiger partial charge on any atom is -0.507 e. The van der Waals surface area contributed by atoms with E-state index in [1.165, 1.54) is 5.56 Å². The van der Waals surface area contributed by atoms with E-state index >= 15 is 0 Å². The number of hydrogen-bond donors (Lipinski definition) is 2. The van der Waals surface area contributed by atoms with Gasteiger partial charge in [-0.1, -0.05) is 6.07 Å². The molecule has 1 aromatic rings. The minimum atomic E-state index is 0. The van der Waals surface area contributed by atoms with Gasteiger partial charge in [0.2, 0.25) is 0 Å². The third-order valence-electron chi connectivity index (χ3n) is 1.45. The molecule has 1 rings (SSSR count). The lowest BCUT2D eigenvalue weighted by molar-refractivity contribution is 0.471. The van der Waals surface area contributed by atoms with Crippen LogP contribution in [0.2, 0.25) is 0 Å². The molecule has 68 valence electrons. The Morgan fingerprint density at radius 3 is 2.58 bits per heavy atom. The van der Waals surface area contributed by atoms with Crippen LogP contribution in [0.15, 0.2) is 18.2 Å². The van der Waals surface area contributed by atoms with E-state index < -0.39 is 0 Å². The summed E-state index contributed by atoms with van der Waals surface area (Å²) in [6.45, 7) is 0.654. The fraction of sp³-hybridized carbons (Fsp3) is 0.250. The summed E-state index contributed by atoms with van der Waals surface area (Å²) < 4.78 is 0.883. The summed E-state index contributed by atoms with van der Waals surface area (Å²) in [4.78, 5) is 0. The second-order valence-corrected chi connectivity index (χ2v) is 3.49. The van der Waals surface area contributed by atoms with Gasteiger partial charge in [-0.15, -0.1) is 12.4 Å². The maximum absolute atomic E-state index is 9.17. The molecule has 3 N–H and O–H groups in total. The molecule has 0 spiro atoms. The molecule has 0 saturated carbocycles. The first-order chi connectivity index (χ1) is 5.24. The molecule has 12 heavy (non-hydrogen) atoms. The number of aromatic hydroxyl groups is 1. The molecule has 0 aliphatic rings. The average molecular weight is 300 g/mol. The number of phenolic OH excluding ortho intramolecular Hbond substituents is 1. The quantitative estimate of drug-likeness (QED) is 0.820. The monoisotopic (exact) mass is 299 g/mol. The number of benzene rings is 1. The van der Waals surface area contributed by atoms with Crippen molar-refractivity contribution in [3.05, 3.63) is 27.3 Å². The van der Waals surface area contributed by atoms with Crippen LogP contribution in [-0.4, -0.2) is 11.7 Å². The van der Waals surface area contributed by atoms with Gasteiger partial charge in [-0.2, -0.15) is 0 Å². The summed E-state index contributed by atoms with van der Waals surface area (Å²) in [5.74, 6) is 0.339. The normalized spacial score (nSPS) is 9.17. The average Bonchev–Trinajstić information content (AvgIpc) is 1.98. The van der Waals surface area contributed by atoms with Crippen molar-refractivity contribution in [2.24, 2.45) is 5.73 Å². The lowest BCUT2D eigenvalue weighted by atomic mass is 10.1. The molecule has 0 heterocycles. The van der Waals surface area contributed by atoms with Crippen LogP contribution < -0.4 is 5.73 Å². The van der Waals surface area contributed by atoms with Crippen molar-refractivity contribution < 1.29 is 5.11 Å². The Balaban J connectivity index is 0.00000121. The second kappa shape index (κ2) is 5.61. The highest BCUT2D eigenvalue weighted by Gasteiger charge is 1.97. The minimum absolute atomic E-state index is 0. The zero-order chi connectivity index (χ0) is 8.27. The van der Waals surface area contributed by atoms with Crippen LogP contribution in [0, 0.1) is 3.57 Å². The summed E-state index contributed by atoms with van der Waals surface area (Å²) in [7, 11) is 0. The van der Waals surface area contributed by atoms with Crippen molar-refractivity contribution in [2.45, 2.75) is 6.42 Å². The first-order valence-corrected chi connectivity index (χ1v) is 4.49. The van der Waals surface area contributed by atoms with Crippen LogP contribution in [0.1, 0.15) is 5.56 Å². The molecule has 0 aromatic heterocycles. The Kier molecular flexibility index (Phi) is 5.61. The Morgan fingerprint density at radius 1 is 1.42 bits per heavy atom. The lowest BCUT2D eigenvalue weighted by Gasteiger charge is -2.00. The number of nitrogens with two attached hydrogens (primary N) is 1. The molecule has 0 bridgehead atoms. The largest absolute Gasteiger partial charge is 0.507 e. The maximum Gasteiger partial charge on any atom is 0.128 e. The highest BCUT2D eigenvalue weighted by Crippen LogP contribution is 2.20. The molecule has 0 radical (unpaired) electrons. The van der Waals surface area contributed by atoms with Gasteiger partial charge in [0.25, 0.3) is 0 Å². The predicted octanol–water partition coefficient (Wildman–Crippen LogP) is 1.92. The van der Waals surface area contributed by atoms with Crippen LogP contribution in [0.5, 0.6) is 5.75 Å². The summed E-state index contributed by atoms with van der Waals surface area (Å²) in [5, 5.41) is 9.17. The zero-order valence-electron chi connectivity index (χ0n) is 6.46. The number of rotatable bonds is 2. The second-order valence-electron chi connectivity index (χ2n) is 2.32. The molecule has 0 aliphatic carbocycles. The highest BCUT2D eigenvalue weighted by atomic mass is 127. The van der Waals surface area contributed by atoms with Gasteiger partial charge in [0, 0.05) is 0 Å². The molecule has 1 aromatic carbocycles.